The molecule has 2 nitrogen and oxygen atoms in total. The van der Waals surface area contributed by atoms with Crippen molar-refractivity contribution in [1.29, 1.82) is 0 Å². The lowest BCUT2D eigenvalue weighted by Crippen LogP contribution is -2.40. The number of benzene rings is 1. The molecule has 0 spiro atoms. The van der Waals surface area contributed by atoms with Gasteiger partial charge in [0.2, 0.25) is 0 Å². The Hall–Kier alpha value is -1.30. The number of hydrogen-bond donors (Lipinski definition) is 1. The molecule has 0 unspecified atom stereocenters. The largest absolute Gasteiger partial charge is 0.418 e. The maximum atomic E-state index is 13.0. The minimum Gasteiger partial charge on any atom is -0.349 e. The topological polar surface area (TPSA) is 15.3 Å². The van der Waals surface area contributed by atoms with E-state index in [1.165, 1.54) is 12.1 Å². The van der Waals surface area contributed by atoms with Gasteiger partial charge in [0.1, 0.15) is 0 Å². The molecule has 0 aromatic heterocycles. The molecule has 6 heteroatoms. The van der Waals surface area contributed by atoms with E-state index >= 15 is 0 Å². The Morgan fingerprint density at radius 2 is 1.59 bits per heavy atom. The molecule has 0 radical (unpaired) electrons. The molecule has 124 valence electrons. The van der Waals surface area contributed by atoms with E-state index in [1.54, 1.807) is 6.07 Å². The number of halogens is 3. The van der Waals surface area contributed by atoms with Crippen molar-refractivity contribution in [2.75, 3.05) is 18.4 Å². The Labute approximate surface area is 135 Å². The fourth-order valence-corrected chi connectivity index (χ4v) is 2.41. The molecule has 0 aliphatic carbocycles. The average molecular weight is 332 g/mol. The molecule has 1 N–H and O–H groups in total. The highest BCUT2D eigenvalue weighted by Crippen LogP contribution is 2.34. The van der Waals surface area contributed by atoms with Gasteiger partial charge in [0.05, 0.1) is 11.3 Å². The zero-order valence-corrected chi connectivity index (χ0v) is 14.2. The van der Waals surface area contributed by atoms with Crippen LogP contribution in [0.3, 0.4) is 0 Å². The maximum Gasteiger partial charge on any atom is 0.418 e. The van der Waals surface area contributed by atoms with E-state index in [1.807, 2.05) is 4.90 Å². The molecule has 0 heterocycles. The van der Waals surface area contributed by atoms with Crippen LogP contribution >= 0.6 is 12.2 Å². The van der Waals surface area contributed by atoms with Gasteiger partial charge in [-0.15, -0.1) is 0 Å². The number of anilines is 1. The van der Waals surface area contributed by atoms with Gasteiger partial charge in [0.25, 0.3) is 0 Å². The van der Waals surface area contributed by atoms with Crippen LogP contribution < -0.4 is 5.32 Å². The zero-order chi connectivity index (χ0) is 16.9. The monoisotopic (exact) mass is 332 g/mol. The first-order valence-electron chi connectivity index (χ1n) is 7.33. The van der Waals surface area contributed by atoms with Crippen molar-refractivity contribution in [3.63, 3.8) is 0 Å². The van der Waals surface area contributed by atoms with E-state index < -0.39 is 11.7 Å². The van der Waals surface area contributed by atoms with Gasteiger partial charge >= 0.3 is 6.18 Å². The first-order valence-corrected chi connectivity index (χ1v) is 7.74. The maximum absolute atomic E-state index is 13.0. The van der Waals surface area contributed by atoms with E-state index in [2.05, 4.69) is 33.0 Å². The van der Waals surface area contributed by atoms with Crippen molar-refractivity contribution in [1.82, 2.24) is 4.90 Å². The fraction of sp³-hybridized carbons (Fsp3) is 0.562. The molecule has 0 atom stereocenters. The van der Waals surface area contributed by atoms with E-state index in [9.17, 15) is 13.2 Å². The predicted molar refractivity (Wildman–Crippen MR) is 88.9 cm³/mol. The number of para-hydroxylation sites is 1. The van der Waals surface area contributed by atoms with Crippen molar-refractivity contribution >= 4 is 23.0 Å². The standard InChI is InChI=1S/C16H23F3N2S/c1-11(2)9-21(10-12(3)4)15(22)20-14-8-6-5-7-13(14)16(17,18)19/h5-8,11-12H,9-10H2,1-4H3,(H,20,22). The van der Waals surface area contributed by atoms with Gasteiger partial charge in [-0.1, -0.05) is 39.8 Å². The fourth-order valence-electron chi connectivity index (χ4n) is 2.16. The van der Waals surface area contributed by atoms with Gasteiger partial charge in [-0.25, -0.2) is 0 Å². The lowest BCUT2D eigenvalue weighted by atomic mass is 10.1. The van der Waals surface area contributed by atoms with Crippen LogP contribution in [0.5, 0.6) is 0 Å². The number of thiocarbonyl (C=S) groups is 1. The molecular formula is C16H23F3N2S. The molecule has 0 saturated carbocycles. The molecule has 1 aromatic rings. The first-order chi connectivity index (χ1) is 10.1. The van der Waals surface area contributed by atoms with E-state index in [4.69, 9.17) is 12.2 Å². The summed E-state index contributed by atoms with van der Waals surface area (Å²) in [7, 11) is 0. The van der Waals surface area contributed by atoms with Crippen LogP contribution in [0.15, 0.2) is 24.3 Å². The number of hydrogen-bond acceptors (Lipinski definition) is 1. The van der Waals surface area contributed by atoms with Crippen LogP contribution in [0.25, 0.3) is 0 Å². The van der Waals surface area contributed by atoms with Gasteiger partial charge in [-0.2, -0.15) is 13.2 Å². The highest BCUT2D eigenvalue weighted by atomic mass is 32.1. The van der Waals surface area contributed by atoms with Crippen molar-refractivity contribution < 1.29 is 13.2 Å². The highest BCUT2D eigenvalue weighted by Gasteiger charge is 2.33. The quantitative estimate of drug-likeness (QED) is 0.763. The van der Waals surface area contributed by atoms with Gasteiger partial charge in [0, 0.05) is 13.1 Å². The summed E-state index contributed by atoms with van der Waals surface area (Å²) in [5.41, 5.74) is -0.705. The summed E-state index contributed by atoms with van der Waals surface area (Å²) in [4.78, 5) is 1.93. The second-order valence-corrected chi connectivity index (χ2v) is 6.55. The Morgan fingerprint density at radius 3 is 2.05 bits per heavy atom. The second kappa shape index (κ2) is 7.81. The first kappa shape index (κ1) is 18.7. The summed E-state index contributed by atoms with van der Waals surface area (Å²) in [6, 6.07) is 5.39. The van der Waals surface area contributed by atoms with Gasteiger partial charge in [-0.05, 0) is 36.2 Å². The minimum atomic E-state index is -4.40. The molecule has 1 aromatic carbocycles. The van der Waals surface area contributed by atoms with Crippen LogP contribution in [-0.4, -0.2) is 23.1 Å². The van der Waals surface area contributed by atoms with Crippen molar-refractivity contribution in [2.24, 2.45) is 11.8 Å². The zero-order valence-electron chi connectivity index (χ0n) is 13.4. The van der Waals surface area contributed by atoms with E-state index in [0.29, 0.717) is 30.0 Å². The summed E-state index contributed by atoms with van der Waals surface area (Å²) >= 11 is 5.32. The molecule has 0 fully saturated rings. The van der Waals surface area contributed by atoms with E-state index in [0.717, 1.165) is 6.07 Å². The Kier molecular flexibility index (Phi) is 6.66. The SMILES string of the molecule is CC(C)CN(CC(C)C)C(=S)Nc1ccccc1C(F)(F)F. The van der Waals surface area contributed by atoms with Crippen LogP contribution in [0.2, 0.25) is 0 Å². The van der Waals surface area contributed by atoms with Crippen LogP contribution in [0.1, 0.15) is 33.3 Å². The smallest absolute Gasteiger partial charge is 0.349 e. The van der Waals surface area contributed by atoms with Crippen molar-refractivity contribution in [3.05, 3.63) is 29.8 Å². The summed E-state index contributed by atoms with van der Waals surface area (Å²) < 4.78 is 39.1. The molecule has 0 aliphatic heterocycles. The van der Waals surface area contributed by atoms with Gasteiger partial charge < -0.3 is 10.2 Å². The summed E-state index contributed by atoms with van der Waals surface area (Å²) in [5.74, 6) is 0.743. The predicted octanol–water partition coefficient (Wildman–Crippen LogP) is 5.02. The summed E-state index contributed by atoms with van der Waals surface area (Å²) in [6.45, 7) is 9.63. The number of nitrogens with zero attached hydrogens (tertiary/aromatic N) is 1. The second-order valence-electron chi connectivity index (χ2n) is 6.17. The van der Waals surface area contributed by atoms with Crippen molar-refractivity contribution in [3.8, 4) is 0 Å². The van der Waals surface area contributed by atoms with Crippen LogP contribution in [0, 0.1) is 11.8 Å². The molecule has 1 rings (SSSR count). The van der Waals surface area contributed by atoms with Crippen molar-refractivity contribution in [2.45, 2.75) is 33.9 Å². The van der Waals surface area contributed by atoms with Gasteiger partial charge in [-0.3, -0.25) is 0 Å². The minimum absolute atomic E-state index is 0.00230. The van der Waals surface area contributed by atoms with E-state index in [-0.39, 0.29) is 5.69 Å². The summed E-state index contributed by atoms with van der Waals surface area (Å²) in [6.07, 6.45) is -4.40. The lowest BCUT2D eigenvalue weighted by molar-refractivity contribution is -0.136. The number of nitrogens with one attached hydrogen (secondary N) is 1. The number of rotatable bonds is 5. The van der Waals surface area contributed by atoms with Crippen LogP contribution in [0.4, 0.5) is 18.9 Å². The molecule has 0 amide bonds. The highest BCUT2D eigenvalue weighted by molar-refractivity contribution is 7.80. The molecule has 0 aliphatic rings. The third kappa shape index (κ3) is 5.83. The van der Waals surface area contributed by atoms with Gasteiger partial charge in [0.15, 0.2) is 5.11 Å². The molecule has 22 heavy (non-hydrogen) atoms. The normalized spacial score (nSPS) is 11.9. The third-order valence-corrected chi connectivity index (χ3v) is 3.29. The number of alkyl halides is 3. The Morgan fingerprint density at radius 1 is 1.09 bits per heavy atom. The third-order valence-electron chi connectivity index (χ3n) is 2.93. The van der Waals surface area contributed by atoms with Crippen LogP contribution in [-0.2, 0) is 6.18 Å². The average Bonchev–Trinajstić information content (AvgIpc) is 2.36. The lowest BCUT2D eigenvalue weighted by Gasteiger charge is -2.29. The summed E-state index contributed by atoms with van der Waals surface area (Å²) in [5, 5.41) is 3.10. The Balaban J connectivity index is 2.94. The Bertz CT molecular complexity index is 488. The molecular weight excluding hydrogens is 309 g/mol. The molecule has 0 saturated heterocycles. The molecule has 0 bridgehead atoms.